The molecule has 4 aliphatic rings. The van der Waals surface area contributed by atoms with E-state index in [9.17, 15) is 40.0 Å². The molecule has 2 N–H and O–H groups in total. The smallest absolute Gasteiger partial charge is 0.339 e. The maximum atomic E-state index is 13.0. The van der Waals surface area contributed by atoms with Crippen LogP contribution in [-0.2, 0) is 13.2 Å². The van der Waals surface area contributed by atoms with E-state index >= 15 is 0 Å². The summed E-state index contributed by atoms with van der Waals surface area (Å²) in [5.74, 6) is 2.82. The highest BCUT2D eigenvalue weighted by Crippen LogP contribution is 2.69. The van der Waals surface area contributed by atoms with Crippen LogP contribution >= 0.6 is 23.2 Å². The molecule has 0 radical (unpaired) electrons. The van der Waals surface area contributed by atoms with Crippen molar-refractivity contribution in [2.45, 2.75) is 138 Å². The lowest BCUT2D eigenvalue weighted by molar-refractivity contribution is -0.386. The van der Waals surface area contributed by atoms with Crippen LogP contribution < -0.4 is 9.47 Å². The molecule has 4 fully saturated rings. The highest BCUT2D eigenvalue weighted by Gasteiger charge is 2.60. The average Bonchev–Trinajstić information content (AvgIpc) is 3.71. The Labute approximate surface area is 439 Å². The number of carbonyl (C=O) groups is 2. The first kappa shape index (κ1) is 53.8. The molecular formula is C59H70Cl2N2O10. The van der Waals surface area contributed by atoms with Crippen LogP contribution in [0.5, 0.6) is 11.5 Å². The second-order valence-electron chi connectivity index (χ2n) is 22.7. The van der Waals surface area contributed by atoms with E-state index in [4.69, 9.17) is 32.7 Å². The molecule has 9 atom stereocenters. The van der Waals surface area contributed by atoms with Gasteiger partial charge in [-0.1, -0.05) is 107 Å². The fourth-order valence-electron chi connectivity index (χ4n) is 14.5. The summed E-state index contributed by atoms with van der Waals surface area (Å²) in [5, 5.41) is 44.5. The molecule has 0 aromatic heterocycles. The van der Waals surface area contributed by atoms with Gasteiger partial charge in [-0.2, -0.15) is 0 Å². The zero-order valence-corrected chi connectivity index (χ0v) is 44.3. The summed E-state index contributed by atoms with van der Waals surface area (Å²) in [6, 6.07) is 17.9. The van der Waals surface area contributed by atoms with Crippen molar-refractivity contribution in [3.05, 3.63) is 143 Å². The molecule has 0 spiro atoms. The fraction of sp³-hybridized carbons (Fsp3) is 0.525. The summed E-state index contributed by atoms with van der Waals surface area (Å²) in [7, 11) is 0. The number of para-hydroxylation sites is 2. The number of allylic oxidation sites excluding steroid dienone is 1. The van der Waals surface area contributed by atoms with Gasteiger partial charge in [0.25, 0.3) is 11.4 Å². The third kappa shape index (κ3) is 11.3. The molecule has 4 aromatic carbocycles. The number of hydrogen-bond acceptors (Lipinski definition) is 8. The molecule has 0 aliphatic heterocycles. The van der Waals surface area contributed by atoms with E-state index in [1.54, 1.807) is 24.3 Å². The van der Waals surface area contributed by atoms with Gasteiger partial charge in [0.15, 0.2) is 11.5 Å². The van der Waals surface area contributed by atoms with Gasteiger partial charge in [-0.25, -0.2) is 9.59 Å². The molecule has 8 rings (SSSR count). The Kier molecular flexibility index (Phi) is 16.6. The number of halogens is 2. The number of aromatic carboxylic acids is 2. The quantitative estimate of drug-likeness (QED) is 0.0639. The monoisotopic (exact) mass is 1040 g/mol. The maximum Gasteiger partial charge on any atom is 0.339 e. The molecule has 0 amide bonds. The summed E-state index contributed by atoms with van der Waals surface area (Å²) in [6.07, 6.45) is 19.0. The van der Waals surface area contributed by atoms with Crippen molar-refractivity contribution < 1.29 is 39.1 Å². The van der Waals surface area contributed by atoms with Crippen LogP contribution in [0.25, 0.3) is 5.57 Å². The van der Waals surface area contributed by atoms with Gasteiger partial charge in [-0.15, -0.1) is 0 Å². The fourth-order valence-corrected chi connectivity index (χ4v) is 15.1. The van der Waals surface area contributed by atoms with E-state index in [1.165, 1.54) is 113 Å². The van der Waals surface area contributed by atoms with Crippen molar-refractivity contribution in [2.75, 3.05) is 0 Å². The first-order valence-corrected chi connectivity index (χ1v) is 27.1. The Morgan fingerprint density at radius 2 is 1.26 bits per heavy atom. The Hall–Kier alpha value is -5.46. The summed E-state index contributed by atoms with van der Waals surface area (Å²) in [5.41, 5.74) is 1.45. The summed E-state index contributed by atoms with van der Waals surface area (Å²) in [6.45, 7) is 11.8. The van der Waals surface area contributed by atoms with Crippen molar-refractivity contribution in [3.8, 4) is 11.5 Å². The molecule has 0 heterocycles. The highest BCUT2D eigenvalue weighted by atomic mass is 35.5. The predicted molar refractivity (Wildman–Crippen MR) is 285 cm³/mol. The first-order valence-electron chi connectivity index (χ1n) is 26.3. The molecule has 1 unspecified atom stereocenters. The number of nitro groups is 2. The lowest BCUT2D eigenvalue weighted by Gasteiger charge is -2.61. The minimum atomic E-state index is -1.36. The molecule has 0 bridgehead atoms. The van der Waals surface area contributed by atoms with Gasteiger partial charge < -0.3 is 19.7 Å². The number of nitro benzene ring substituents is 2. The molecule has 73 heavy (non-hydrogen) atoms. The number of rotatable bonds is 20. The van der Waals surface area contributed by atoms with Gasteiger partial charge in [0.05, 0.1) is 31.0 Å². The largest absolute Gasteiger partial charge is 0.486 e. The summed E-state index contributed by atoms with van der Waals surface area (Å²) >= 11 is 13.8. The van der Waals surface area contributed by atoms with E-state index in [0.717, 1.165) is 54.8 Å². The third-order valence-corrected chi connectivity index (χ3v) is 18.8. The normalized spacial score (nSPS) is 25.7. The summed E-state index contributed by atoms with van der Waals surface area (Å²) < 4.78 is 11.9. The van der Waals surface area contributed by atoms with E-state index < -0.39 is 21.8 Å². The average molecular weight is 1040 g/mol. The van der Waals surface area contributed by atoms with Crippen molar-refractivity contribution >= 4 is 52.1 Å². The number of benzene rings is 4. The number of fused-ring (bicyclic) bond motifs is 5. The van der Waals surface area contributed by atoms with Crippen LogP contribution in [-0.4, -0.2) is 32.0 Å². The third-order valence-electron chi connectivity index (χ3n) is 18.2. The van der Waals surface area contributed by atoms with Gasteiger partial charge in [0.1, 0.15) is 24.3 Å². The Morgan fingerprint density at radius 1 is 0.726 bits per heavy atom. The molecule has 14 heteroatoms. The van der Waals surface area contributed by atoms with Crippen molar-refractivity contribution in [1.82, 2.24) is 0 Å². The Bertz CT molecular complexity index is 2630. The highest BCUT2D eigenvalue weighted by molar-refractivity contribution is 6.33. The van der Waals surface area contributed by atoms with Crippen molar-refractivity contribution in [2.24, 2.45) is 58.2 Å². The van der Waals surface area contributed by atoms with Gasteiger partial charge in [0.2, 0.25) is 0 Å². The molecule has 12 nitrogen and oxygen atoms in total. The Balaban J connectivity index is 1.05. The van der Waals surface area contributed by atoms with Gasteiger partial charge in [-0.3, -0.25) is 20.2 Å². The zero-order chi connectivity index (χ0) is 52.4. The van der Waals surface area contributed by atoms with E-state index in [0.29, 0.717) is 45.8 Å². The first-order chi connectivity index (χ1) is 34.8. The molecule has 0 saturated heterocycles. The number of carboxylic acids is 2. The van der Waals surface area contributed by atoms with Crippen molar-refractivity contribution in [3.63, 3.8) is 0 Å². The van der Waals surface area contributed by atoms with E-state index in [2.05, 4.69) is 34.6 Å². The molecule has 390 valence electrons. The number of hydrogen-bond donors (Lipinski definition) is 2. The number of carboxylic acid groups (broad SMARTS) is 2. The van der Waals surface area contributed by atoms with Crippen LogP contribution in [0.15, 0.2) is 78.9 Å². The van der Waals surface area contributed by atoms with Crippen LogP contribution in [0.1, 0.15) is 167 Å². The summed E-state index contributed by atoms with van der Waals surface area (Å²) in [4.78, 5) is 48.3. The zero-order valence-electron chi connectivity index (χ0n) is 42.7. The standard InChI is InChI=1S/C59H70Cl2N2O10/c1-35(2)12-10-13-36(3)47-22-23-48-44-21-20-42-28-37(24-26-58(42,4)49(44)25-27-59(47,48)5)14-11-17-43(40-29-45(56(64)65)54(50(60)31-40)72-33-38-15-6-8-18-52(38)62(68)69)41-30-46(57(66)67)55(51(61)32-41)73-34-39-16-7-9-19-53(39)63(70)71/h6-9,15-19,29-32,35-37,42,44,47-49H,10-14,20-28,33-34H2,1-5H3,(H,64,65)(H,66,67)/t36?,37-,42-,44-,47+,48-,49-,58-,59+/m0/s1. The second-order valence-corrected chi connectivity index (χ2v) is 23.5. The van der Waals surface area contributed by atoms with E-state index in [-0.39, 0.29) is 68.4 Å². The van der Waals surface area contributed by atoms with Gasteiger partial charge in [-0.05, 0) is 182 Å². The minimum absolute atomic E-state index is 0.0668. The SMILES string of the molecule is CC(C)CCCC(C)[C@H]1CC[C@H]2[C@@H]3CC[C@H]4C[C@@H](CCC=C(c5cc(Cl)c(OCc6ccccc6[N+](=O)[O-])c(C(=O)O)c5)c5cc(Cl)c(OCc6ccccc6[N+](=O)[O-])c(C(=O)O)c5)CC[C@]4(C)[C@H]3CC[C@]12C. The topological polar surface area (TPSA) is 179 Å². The lowest BCUT2D eigenvalue weighted by atomic mass is 9.44. The van der Waals surface area contributed by atoms with Crippen molar-refractivity contribution in [1.29, 1.82) is 0 Å². The lowest BCUT2D eigenvalue weighted by Crippen LogP contribution is -2.53. The van der Waals surface area contributed by atoms with Gasteiger partial charge in [0, 0.05) is 12.1 Å². The van der Waals surface area contributed by atoms with Crippen LogP contribution in [0.4, 0.5) is 11.4 Å². The molecule has 4 aliphatic carbocycles. The van der Waals surface area contributed by atoms with E-state index in [1.807, 2.05) is 6.08 Å². The second kappa shape index (κ2) is 22.6. The van der Waals surface area contributed by atoms with Gasteiger partial charge >= 0.3 is 11.9 Å². The number of ether oxygens (including phenoxy) is 2. The van der Waals surface area contributed by atoms with Crippen LogP contribution in [0.3, 0.4) is 0 Å². The predicted octanol–water partition coefficient (Wildman–Crippen LogP) is 16.3. The molecule has 4 aromatic rings. The van der Waals surface area contributed by atoms with Crippen LogP contribution in [0, 0.1) is 78.4 Å². The minimum Gasteiger partial charge on any atom is -0.486 e. The number of nitrogens with zero attached hydrogens (tertiary/aromatic N) is 2. The maximum absolute atomic E-state index is 13.0. The van der Waals surface area contributed by atoms with Crippen LogP contribution in [0.2, 0.25) is 10.0 Å². The Morgan fingerprint density at radius 3 is 1.79 bits per heavy atom. The molecule has 4 saturated carbocycles. The molecular weight excluding hydrogens is 968 g/mol.